The summed E-state index contributed by atoms with van der Waals surface area (Å²) < 4.78 is 23.7. The van der Waals surface area contributed by atoms with Gasteiger partial charge < -0.3 is 5.11 Å². The van der Waals surface area contributed by atoms with Crippen molar-refractivity contribution < 1.29 is 13.5 Å². The molecule has 3 N–H and O–H groups in total. The molecule has 0 amide bonds. The van der Waals surface area contributed by atoms with Gasteiger partial charge in [-0.3, -0.25) is 0 Å². The molecule has 4 nitrogen and oxygen atoms in total. The van der Waals surface area contributed by atoms with Gasteiger partial charge in [-0.1, -0.05) is 0 Å². The summed E-state index contributed by atoms with van der Waals surface area (Å²) in [5, 5.41) is 7.11. The molecule has 0 aliphatic rings. The zero-order chi connectivity index (χ0) is 9.19. The van der Waals surface area contributed by atoms with Crippen LogP contribution in [-0.4, -0.2) is 13.5 Å². The van der Waals surface area contributed by atoms with Crippen molar-refractivity contribution in [1.82, 2.24) is 4.24 Å². The Morgan fingerprint density at radius 3 is 2.17 bits per heavy atom. The van der Waals surface area contributed by atoms with Gasteiger partial charge in [0.15, 0.2) is 0 Å². The van der Waals surface area contributed by atoms with Gasteiger partial charge in [0.05, 0.1) is 4.90 Å². The quantitative estimate of drug-likeness (QED) is 0.570. The molecule has 0 heterocycles. The first-order valence-corrected chi connectivity index (χ1v) is 4.86. The lowest BCUT2D eigenvalue weighted by molar-refractivity contribution is 0.475. The highest BCUT2D eigenvalue weighted by molar-refractivity contribution is 7.90. The summed E-state index contributed by atoms with van der Waals surface area (Å²) in [6, 6.07) is 5.38. The molecular formula is C6H7ClNO3S+. The van der Waals surface area contributed by atoms with Crippen molar-refractivity contribution in [2.24, 2.45) is 0 Å². The van der Waals surface area contributed by atoms with Crippen molar-refractivity contribution in [2.75, 3.05) is 0 Å². The third-order valence-corrected chi connectivity index (χ3v) is 2.97. The van der Waals surface area contributed by atoms with Gasteiger partial charge in [-0.2, -0.15) is 0 Å². The number of halogens is 1. The van der Waals surface area contributed by atoms with Crippen molar-refractivity contribution in [1.29, 1.82) is 0 Å². The second kappa shape index (κ2) is 3.30. The Morgan fingerprint density at radius 1 is 1.25 bits per heavy atom. The minimum absolute atomic E-state index is 0.0495. The van der Waals surface area contributed by atoms with Gasteiger partial charge >= 0.3 is 0 Å². The normalized spacial score (nSPS) is 11.4. The SMILES string of the molecule is O=S(=O)(NCl)c1ccc([OH2+])cc1. The summed E-state index contributed by atoms with van der Waals surface area (Å²) in [6.07, 6.45) is 0. The van der Waals surface area contributed by atoms with E-state index in [9.17, 15) is 8.42 Å². The summed E-state index contributed by atoms with van der Waals surface area (Å²) in [4.78, 5) is 0.0495. The molecule has 0 spiro atoms. The molecule has 0 aliphatic heterocycles. The summed E-state index contributed by atoms with van der Waals surface area (Å²) in [7, 11) is -3.58. The third kappa shape index (κ3) is 1.88. The first-order chi connectivity index (χ1) is 5.56. The van der Waals surface area contributed by atoms with Crippen molar-refractivity contribution in [2.45, 2.75) is 4.90 Å². The van der Waals surface area contributed by atoms with Crippen LogP contribution in [-0.2, 0) is 10.0 Å². The minimum Gasteiger partial charge on any atom is -0.593 e. The lowest BCUT2D eigenvalue weighted by atomic mass is 10.3. The van der Waals surface area contributed by atoms with Gasteiger partial charge in [-0.05, 0) is 23.9 Å². The first kappa shape index (κ1) is 9.31. The van der Waals surface area contributed by atoms with E-state index in [0.29, 0.717) is 0 Å². The maximum absolute atomic E-state index is 11.0. The monoisotopic (exact) mass is 208 g/mol. The Labute approximate surface area is 75.0 Å². The predicted molar refractivity (Wildman–Crippen MR) is 45.7 cm³/mol. The van der Waals surface area contributed by atoms with Crippen LogP contribution in [0.1, 0.15) is 0 Å². The van der Waals surface area contributed by atoms with E-state index in [-0.39, 0.29) is 10.6 Å². The molecule has 66 valence electrons. The van der Waals surface area contributed by atoms with Crippen molar-refractivity contribution in [3.63, 3.8) is 0 Å². The first-order valence-electron chi connectivity index (χ1n) is 3.00. The molecule has 1 aromatic carbocycles. The fourth-order valence-electron chi connectivity index (χ4n) is 0.679. The van der Waals surface area contributed by atoms with Crippen LogP contribution >= 0.6 is 11.8 Å². The Kier molecular flexibility index (Phi) is 2.56. The van der Waals surface area contributed by atoms with Crippen LogP contribution in [0.2, 0.25) is 0 Å². The molecule has 0 radical (unpaired) electrons. The Bertz CT molecular complexity index is 359. The topological polar surface area (TPSA) is 69.1 Å². The van der Waals surface area contributed by atoms with Crippen LogP contribution < -0.4 is 4.24 Å². The fourth-order valence-corrected chi connectivity index (χ4v) is 1.53. The lowest BCUT2D eigenvalue weighted by Gasteiger charge is -1.98. The van der Waals surface area contributed by atoms with Gasteiger partial charge in [0.2, 0.25) is 0 Å². The maximum atomic E-state index is 11.0. The number of hydrogen-bond donors (Lipinski definition) is 1. The molecule has 0 aliphatic carbocycles. The summed E-state index contributed by atoms with van der Waals surface area (Å²) >= 11 is 4.98. The Morgan fingerprint density at radius 2 is 1.75 bits per heavy atom. The van der Waals surface area contributed by atoms with Gasteiger partial charge in [0.25, 0.3) is 15.8 Å². The molecule has 0 saturated heterocycles. The summed E-state index contributed by atoms with van der Waals surface area (Å²) in [5.41, 5.74) is 0. The molecule has 0 saturated carbocycles. The third-order valence-electron chi connectivity index (χ3n) is 1.27. The van der Waals surface area contributed by atoms with Crippen LogP contribution in [0.4, 0.5) is 0 Å². The highest BCUT2D eigenvalue weighted by Crippen LogP contribution is 2.13. The van der Waals surface area contributed by atoms with E-state index in [1.807, 2.05) is 0 Å². The zero-order valence-electron chi connectivity index (χ0n) is 5.91. The largest absolute Gasteiger partial charge is 0.593 e. The van der Waals surface area contributed by atoms with E-state index in [4.69, 9.17) is 16.9 Å². The molecule has 1 aromatic rings. The number of sulfonamides is 1. The second-order valence-corrected chi connectivity index (χ2v) is 4.20. The molecular weight excluding hydrogens is 202 g/mol. The average Bonchev–Trinajstić information content (AvgIpc) is 2.05. The molecule has 6 heteroatoms. The number of benzene rings is 1. The van der Waals surface area contributed by atoms with Gasteiger partial charge in [0, 0.05) is 12.1 Å². The summed E-state index contributed by atoms with van der Waals surface area (Å²) in [5.74, 6) is 0.253. The van der Waals surface area contributed by atoms with Gasteiger partial charge in [0.1, 0.15) is 0 Å². The van der Waals surface area contributed by atoms with E-state index in [2.05, 4.69) is 0 Å². The zero-order valence-corrected chi connectivity index (χ0v) is 7.48. The number of hydrogen-bond acceptors (Lipinski definition) is 2. The van der Waals surface area contributed by atoms with Crippen molar-refractivity contribution >= 4 is 21.8 Å². The summed E-state index contributed by atoms with van der Waals surface area (Å²) in [6.45, 7) is 0. The standard InChI is InChI=1S/C6H6ClNO3S/c7-8-12(10,11)6-3-1-5(9)2-4-6/h1-4,8-9H/p+1. The molecule has 0 fully saturated rings. The molecule has 0 bridgehead atoms. The van der Waals surface area contributed by atoms with Gasteiger partial charge in [-0.25, -0.2) is 8.42 Å². The highest BCUT2D eigenvalue weighted by Gasteiger charge is 2.11. The van der Waals surface area contributed by atoms with E-state index in [0.717, 1.165) is 0 Å². The van der Waals surface area contributed by atoms with Crippen LogP contribution in [0, 0.1) is 0 Å². The van der Waals surface area contributed by atoms with Crippen LogP contribution in [0.25, 0.3) is 0 Å². The highest BCUT2D eigenvalue weighted by atomic mass is 35.5. The molecule has 0 unspecified atom stereocenters. The number of rotatable bonds is 2. The smallest absolute Gasteiger partial charge is 0.253 e. The van der Waals surface area contributed by atoms with E-state index in [1.165, 1.54) is 24.3 Å². The van der Waals surface area contributed by atoms with E-state index < -0.39 is 10.0 Å². The number of nitrogens with one attached hydrogen (secondary N) is 1. The van der Waals surface area contributed by atoms with Crippen molar-refractivity contribution in [3.05, 3.63) is 24.3 Å². The maximum Gasteiger partial charge on any atom is 0.253 e. The van der Waals surface area contributed by atoms with Crippen LogP contribution in [0.15, 0.2) is 29.2 Å². The average molecular weight is 209 g/mol. The van der Waals surface area contributed by atoms with E-state index >= 15 is 0 Å². The molecule has 12 heavy (non-hydrogen) atoms. The van der Waals surface area contributed by atoms with Crippen LogP contribution in [0.3, 0.4) is 0 Å². The molecule has 0 atom stereocenters. The Hall–Kier alpha value is -0.780. The second-order valence-electron chi connectivity index (χ2n) is 2.10. The van der Waals surface area contributed by atoms with E-state index in [1.54, 1.807) is 4.24 Å². The van der Waals surface area contributed by atoms with Crippen LogP contribution in [0.5, 0.6) is 5.75 Å². The van der Waals surface area contributed by atoms with Gasteiger partial charge in [-0.15, -0.1) is 4.24 Å². The molecule has 0 aromatic heterocycles. The molecule has 1 rings (SSSR count). The minimum atomic E-state index is -3.58. The Balaban J connectivity index is 3.14. The lowest BCUT2D eigenvalue weighted by Crippen LogP contribution is -2.12. The fraction of sp³-hybridized carbons (Fsp3) is 0. The predicted octanol–water partition coefficient (Wildman–Crippen LogP) is 0.557. The van der Waals surface area contributed by atoms with Crippen molar-refractivity contribution in [3.8, 4) is 5.75 Å².